The highest BCUT2D eigenvalue weighted by Crippen LogP contribution is 2.25. The number of piperidine rings is 2. The number of carbonyl (C=O) groups excluding carboxylic acids is 2. The topological polar surface area (TPSA) is 88.4 Å². The van der Waals surface area contributed by atoms with E-state index >= 15 is 0 Å². The molecule has 1 aromatic carbocycles. The van der Waals surface area contributed by atoms with Gasteiger partial charge in [0.15, 0.2) is 0 Å². The number of hydrogen-bond acceptors (Lipinski definition) is 5. The van der Waals surface area contributed by atoms with Crippen LogP contribution in [0.25, 0.3) is 11.0 Å². The van der Waals surface area contributed by atoms with Gasteiger partial charge in [-0.3, -0.25) is 24.0 Å². The molecule has 4 rings (SSSR count). The van der Waals surface area contributed by atoms with Gasteiger partial charge in [0.05, 0.1) is 11.0 Å². The molecule has 0 saturated carbocycles. The Morgan fingerprint density at radius 1 is 1.00 bits per heavy atom. The maximum Gasteiger partial charge on any atom is 0.329 e. The van der Waals surface area contributed by atoms with Crippen molar-refractivity contribution in [3.8, 4) is 0 Å². The van der Waals surface area contributed by atoms with E-state index in [1.807, 2.05) is 18.2 Å². The predicted octanol–water partition coefficient (Wildman–Crippen LogP) is 2.84. The molecule has 2 N–H and O–H groups in total. The van der Waals surface area contributed by atoms with Crippen molar-refractivity contribution in [2.24, 2.45) is 7.05 Å². The molecule has 1 unspecified atom stereocenters. The van der Waals surface area contributed by atoms with Crippen molar-refractivity contribution in [1.29, 1.82) is 0 Å². The third kappa shape index (κ3) is 5.78. The smallest absolute Gasteiger partial charge is 0.313 e. The van der Waals surface area contributed by atoms with Gasteiger partial charge in [-0.15, -0.1) is 0 Å². The van der Waals surface area contributed by atoms with Gasteiger partial charge in [-0.25, -0.2) is 4.79 Å². The molecular formula is C26H39N5O3. The quantitative estimate of drug-likeness (QED) is 0.390. The van der Waals surface area contributed by atoms with Crippen LogP contribution in [0.2, 0.25) is 0 Å². The lowest BCUT2D eigenvalue weighted by Crippen LogP contribution is -2.44. The summed E-state index contributed by atoms with van der Waals surface area (Å²) in [5.41, 5.74) is 2.42. The Hall–Kier alpha value is -2.45. The van der Waals surface area contributed by atoms with Crippen LogP contribution in [-0.4, -0.2) is 52.0 Å². The molecule has 2 amide bonds. The summed E-state index contributed by atoms with van der Waals surface area (Å²) in [6, 6.07) is 5.20. The van der Waals surface area contributed by atoms with Crippen LogP contribution in [-0.2, 0) is 23.2 Å². The summed E-state index contributed by atoms with van der Waals surface area (Å²) in [5, 5.41) is 5.89. The van der Waals surface area contributed by atoms with E-state index in [9.17, 15) is 14.4 Å². The molecule has 2 aromatic rings. The molecule has 8 nitrogen and oxygen atoms in total. The molecule has 0 aliphatic carbocycles. The van der Waals surface area contributed by atoms with Crippen molar-refractivity contribution in [1.82, 2.24) is 24.7 Å². The van der Waals surface area contributed by atoms with Crippen LogP contribution in [0, 0.1) is 0 Å². The molecule has 0 radical (unpaired) electrons. The number of amides is 2. The zero-order chi connectivity index (χ0) is 23.9. The molecular weight excluding hydrogens is 430 g/mol. The van der Waals surface area contributed by atoms with Crippen LogP contribution in [0.1, 0.15) is 75.8 Å². The second-order valence-electron chi connectivity index (χ2n) is 9.81. The second kappa shape index (κ2) is 11.8. The number of aryl methyl sites for hydroxylation is 1. The summed E-state index contributed by atoms with van der Waals surface area (Å²) >= 11 is 0. The fourth-order valence-corrected chi connectivity index (χ4v) is 5.41. The minimum Gasteiger partial charge on any atom is -0.313 e. The number of imide groups is 1. The molecule has 8 heteroatoms. The number of rotatable bonds is 11. The van der Waals surface area contributed by atoms with Gasteiger partial charge >= 0.3 is 5.69 Å². The summed E-state index contributed by atoms with van der Waals surface area (Å²) < 4.78 is 3.17. The number of para-hydroxylation sites is 1. The maximum atomic E-state index is 13.0. The Morgan fingerprint density at radius 2 is 1.76 bits per heavy atom. The summed E-state index contributed by atoms with van der Waals surface area (Å²) in [5.74, 6) is -0.674. The lowest BCUT2D eigenvalue weighted by molar-refractivity contribution is -0.135. The molecule has 186 valence electrons. The number of unbranched alkanes of at least 4 members (excludes halogenated alkanes) is 4. The highest BCUT2D eigenvalue weighted by Gasteiger charge is 2.31. The fraction of sp³-hybridized carbons (Fsp3) is 0.654. The Morgan fingerprint density at radius 3 is 2.56 bits per heavy atom. The lowest BCUT2D eigenvalue weighted by Gasteiger charge is -2.26. The number of aromatic nitrogens is 2. The van der Waals surface area contributed by atoms with E-state index < -0.39 is 11.9 Å². The predicted molar refractivity (Wildman–Crippen MR) is 134 cm³/mol. The van der Waals surface area contributed by atoms with Crippen molar-refractivity contribution in [3.63, 3.8) is 0 Å². The molecule has 2 saturated heterocycles. The number of benzene rings is 1. The number of hydrogen-bond donors (Lipinski definition) is 2. The molecule has 34 heavy (non-hydrogen) atoms. The molecule has 0 bridgehead atoms. The van der Waals surface area contributed by atoms with Crippen LogP contribution in [0.15, 0.2) is 23.0 Å². The van der Waals surface area contributed by atoms with Crippen molar-refractivity contribution < 1.29 is 9.59 Å². The van der Waals surface area contributed by atoms with Crippen LogP contribution >= 0.6 is 0 Å². The summed E-state index contributed by atoms with van der Waals surface area (Å²) in [6.07, 6.45) is 11.0. The highest BCUT2D eigenvalue weighted by atomic mass is 16.2. The Labute approximate surface area is 201 Å². The van der Waals surface area contributed by atoms with Crippen molar-refractivity contribution in [3.05, 3.63) is 34.2 Å². The van der Waals surface area contributed by atoms with Gasteiger partial charge in [0, 0.05) is 20.0 Å². The molecule has 3 heterocycles. The molecule has 2 aliphatic rings. The number of fused-ring (bicyclic) bond motifs is 1. The largest absolute Gasteiger partial charge is 0.329 e. The lowest BCUT2D eigenvalue weighted by atomic mass is 10.1. The minimum absolute atomic E-state index is 0.221. The number of imidazole rings is 1. The Bertz CT molecular complexity index is 1050. The average Bonchev–Trinajstić information content (AvgIpc) is 3.09. The monoisotopic (exact) mass is 469 g/mol. The third-order valence-corrected chi connectivity index (χ3v) is 7.30. The van der Waals surface area contributed by atoms with Crippen molar-refractivity contribution >= 4 is 22.8 Å². The minimum atomic E-state index is -0.646. The molecule has 2 aliphatic heterocycles. The van der Waals surface area contributed by atoms with Gasteiger partial charge in [-0.2, -0.15) is 0 Å². The first-order valence-corrected chi connectivity index (χ1v) is 13.0. The third-order valence-electron chi connectivity index (χ3n) is 7.30. The number of carbonyl (C=O) groups is 2. The molecule has 2 fully saturated rings. The molecule has 0 spiro atoms. The van der Waals surface area contributed by atoms with Crippen molar-refractivity contribution in [2.45, 2.75) is 76.8 Å². The number of nitrogens with one attached hydrogen (secondary N) is 2. The van der Waals surface area contributed by atoms with E-state index in [1.165, 1.54) is 64.6 Å². The highest BCUT2D eigenvalue weighted by molar-refractivity contribution is 6.00. The van der Waals surface area contributed by atoms with Gasteiger partial charge in [0.2, 0.25) is 11.8 Å². The van der Waals surface area contributed by atoms with Gasteiger partial charge in [-0.1, -0.05) is 37.8 Å². The molecule has 1 aromatic heterocycles. The Balaban J connectivity index is 1.25. The normalized spacial score (nSPS) is 19.6. The van der Waals surface area contributed by atoms with Crippen molar-refractivity contribution in [2.75, 3.05) is 26.2 Å². The zero-order valence-corrected chi connectivity index (χ0v) is 20.5. The van der Waals surface area contributed by atoms with E-state index in [2.05, 4.69) is 15.5 Å². The van der Waals surface area contributed by atoms with E-state index in [0.717, 1.165) is 29.6 Å². The SMILES string of the molecule is Cn1c(=O)n(C2CCC(=O)NC2=O)c2cccc(CNCCCCCCCN3CCCCC3)c21. The summed E-state index contributed by atoms with van der Waals surface area (Å²) in [7, 11) is 1.75. The van der Waals surface area contributed by atoms with Crippen LogP contribution in [0.3, 0.4) is 0 Å². The van der Waals surface area contributed by atoms with Gasteiger partial charge in [0.1, 0.15) is 6.04 Å². The molecule has 1 atom stereocenters. The van der Waals surface area contributed by atoms with E-state index in [-0.39, 0.29) is 18.0 Å². The first-order valence-electron chi connectivity index (χ1n) is 13.0. The standard InChI is InChI=1S/C26H39N5O3/c1-29-24-20(19-27-15-6-3-2-4-7-16-30-17-8-5-9-18-30)11-10-12-21(24)31(26(29)34)22-13-14-23(32)28-25(22)33/h10-12,22,27H,2-9,13-19H2,1H3,(H,28,32,33). The zero-order valence-electron chi connectivity index (χ0n) is 20.5. The fourth-order valence-electron chi connectivity index (χ4n) is 5.41. The van der Waals surface area contributed by atoms with Gasteiger partial charge < -0.3 is 10.2 Å². The van der Waals surface area contributed by atoms with Gasteiger partial charge in [-0.05, 0) is 69.9 Å². The van der Waals surface area contributed by atoms with E-state index in [4.69, 9.17) is 0 Å². The van der Waals surface area contributed by atoms with E-state index in [1.54, 1.807) is 16.2 Å². The van der Waals surface area contributed by atoms with Crippen LogP contribution in [0.4, 0.5) is 0 Å². The maximum absolute atomic E-state index is 13.0. The summed E-state index contributed by atoms with van der Waals surface area (Å²) in [6.45, 7) is 5.47. The van der Waals surface area contributed by atoms with Crippen LogP contribution < -0.4 is 16.3 Å². The van der Waals surface area contributed by atoms with E-state index in [0.29, 0.717) is 13.0 Å². The van der Waals surface area contributed by atoms with Crippen LogP contribution in [0.5, 0.6) is 0 Å². The number of nitrogens with zero attached hydrogens (tertiary/aromatic N) is 3. The van der Waals surface area contributed by atoms with Gasteiger partial charge in [0.25, 0.3) is 0 Å². The average molecular weight is 470 g/mol. The Kier molecular flexibility index (Phi) is 8.56. The summed E-state index contributed by atoms with van der Waals surface area (Å²) in [4.78, 5) is 39.6. The first kappa shape index (κ1) is 24.7. The number of likely N-dealkylation sites (tertiary alicyclic amines) is 1. The first-order chi connectivity index (χ1) is 16.6. The second-order valence-corrected chi connectivity index (χ2v) is 9.81.